The Kier molecular flexibility index (Phi) is 5.41. The second-order valence-electron chi connectivity index (χ2n) is 4.87. The number of carboxylic acid groups (broad SMARTS) is 1. The summed E-state index contributed by atoms with van der Waals surface area (Å²) in [7, 11) is 1.57. The predicted octanol–water partition coefficient (Wildman–Crippen LogP) is 1.12. The zero-order valence-electron chi connectivity index (χ0n) is 12.5. The Morgan fingerprint density at radius 2 is 2.10 bits per heavy atom. The minimum atomic E-state index is -0.843. The molecule has 21 heavy (non-hydrogen) atoms. The molecule has 0 aliphatic carbocycles. The van der Waals surface area contributed by atoms with E-state index in [0.29, 0.717) is 36.8 Å². The molecule has 6 heteroatoms. The van der Waals surface area contributed by atoms with Gasteiger partial charge in [-0.2, -0.15) is 0 Å². The van der Waals surface area contributed by atoms with Crippen LogP contribution >= 0.6 is 0 Å². The third-order valence-electron chi connectivity index (χ3n) is 3.55. The van der Waals surface area contributed by atoms with Gasteiger partial charge in [0.25, 0.3) is 0 Å². The number of rotatable bonds is 6. The molecule has 1 heterocycles. The van der Waals surface area contributed by atoms with Crippen molar-refractivity contribution in [1.82, 2.24) is 10.2 Å². The van der Waals surface area contributed by atoms with E-state index in [4.69, 9.17) is 9.47 Å². The number of aliphatic carboxylic acids is 1. The van der Waals surface area contributed by atoms with E-state index in [9.17, 15) is 9.90 Å². The molecule has 1 aliphatic rings. The van der Waals surface area contributed by atoms with Gasteiger partial charge in [0.15, 0.2) is 11.5 Å². The molecule has 1 aromatic rings. The van der Waals surface area contributed by atoms with Crippen molar-refractivity contribution >= 4 is 5.97 Å². The van der Waals surface area contributed by atoms with Crippen molar-refractivity contribution in [3.8, 4) is 11.5 Å². The first-order valence-corrected chi connectivity index (χ1v) is 7.15. The lowest BCUT2D eigenvalue weighted by Crippen LogP contribution is -2.47. The van der Waals surface area contributed by atoms with Gasteiger partial charge in [-0.1, -0.05) is 6.07 Å². The van der Waals surface area contributed by atoms with Gasteiger partial charge in [0, 0.05) is 26.2 Å². The fraction of sp³-hybridized carbons (Fsp3) is 0.533. The first-order valence-electron chi connectivity index (χ1n) is 7.15. The molecular formula is C15H22N2O4. The fourth-order valence-corrected chi connectivity index (χ4v) is 2.58. The van der Waals surface area contributed by atoms with Crippen LogP contribution in [0.25, 0.3) is 0 Å². The van der Waals surface area contributed by atoms with Gasteiger partial charge in [-0.3, -0.25) is 9.69 Å². The van der Waals surface area contributed by atoms with E-state index in [1.807, 2.05) is 11.8 Å². The minimum Gasteiger partial charge on any atom is -0.493 e. The fourth-order valence-electron chi connectivity index (χ4n) is 2.58. The van der Waals surface area contributed by atoms with E-state index in [2.05, 4.69) is 5.32 Å². The topological polar surface area (TPSA) is 71.0 Å². The van der Waals surface area contributed by atoms with Crippen LogP contribution in [0.2, 0.25) is 0 Å². The van der Waals surface area contributed by atoms with Crippen molar-refractivity contribution in [1.29, 1.82) is 0 Å². The maximum Gasteiger partial charge on any atom is 0.325 e. The zero-order chi connectivity index (χ0) is 15.2. The highest BCUT2D eigenvalue weighted by Gasteiger charge is 2.29. The van der Waals surface area contributed by atoms with Crippen LogP contribution in [0.1, 0.15) is 18.5 Å². The quantitative estimate of drug-likeness (QED) is 0.819. The van der Waals surface area contributed by atoms with Crippen LogP contribution in [0.3, 0.4) is 0 Å². The monoisotopic (exact) mass is 294 g/mol. The van der Waals surface area contributed by atoms with Gasteiger partial charge in [-0.05, 0) is 24.6 Å². The first-order chi connectivity index (χ1) is 10.2. The molecule has 2 N–H and O–H groups in total. The summed E-state index contributed by atoms with van der Waals surface area (Å²) in [4.78, 5) is 13.7. The minimum absolute atomic E-state index is 0.505. The van der Waals surface area contributed by atoms with Crippen molar-refractivity contribution in [2.24, 2.45) is 0 Å². The highest BCUT2D eigenvalue weighted by molar-refractivity contribution is 5.76. The van der Waals surface area contributed by atoms with Crippen LogP contribution in [0.4, 0.5) is 0 Å². The van der Waals surface area contributed by atoms with E-state index in [1.54, 1.807) is 25.3 Å². The van der Waals surface area contributed by atoms with Crippen LogP contribution in [0, 0.1) is 0 Å². The van der Waals surface area contributed by atoms with E-state index in [0.717, 1.165) is 13.1 Å². The zero-order valence-corrected chi connectivity index (χ0v) is 12.5. The molecule has 1 atom stereocenters. The summed E-state index contributed by atoms with van der Waals surface area (Å²) in [6.07, 6.45) is 0. The Hall–Kier alpha value is -1.79. The molecule has 1 unspecified atom stereocenters. The van der Waals surface area contributed by atoms with E-state index in [1.165, 1.54) is 0 Å². The molecule has 2 rings (SSSR count). The summed E-state index contributed by atoms with van der Waals surface area (Å²) in [5.74, 6) is 0.355. The standard InChI is InChI=1S/C15H22N2O4/c1-3-21-13-10-11(4-5-12(13)20-2)14(15(18)19)17-8-6-16-7-9-17/h4-5,10,14,16H,3,6-9H2,1-2H3,(H,18,19). The number of methoxy groups -OCH3 is 1. The molecule has 1 saturated heterocycles. The Balaban J connectivity index is 2.31. The summed E-state index contributed by atoms with van der Waals surface area (Å²) < 4.78 is 10.8. The number of carbonyl (C=O) groups is 1. The van der Waals surface area contributed by atoms with Gasteiger partial charge in [0.2, 0.25) is 0 Å². The normalized spacial score (nSPS) is 17.2. The van der Waals surface area contributed by atoms with Gasteiger partial charge in [0.05, 0.1) is 13.7 Å². The van der Waals surface area contributed by atoms with Crippen molar-refractivity contribution in [2.45, 2.75) is 13.0 Å². The number of nitrogens with one attached hydrogen (secondary N) is 1. The summed E-state index contributed by atoms with van der Waals surface area (Å²) in [6.45, 7) is 5.43. The second kappa shape index (κ2) is 7.28. The lowest BCUT2D eigenvalue weighted by molar-refractivity contribution is -0.143. The highest BCUT2D eigenvalue weighted by atomic mass is 16.5. The number of piperazine rings is 1. The number of nitrogens with zero attached hydrogens (tertiary/aromatic N) is 1. The van der Waals surface area contributed by atoms with Crippen LogP contribution in [0.15, 0.2) is 18.2 Å². The third-order valence-corrected chi connectivity index (χ3v) is 3.55. The smallest absolute Gasteiger partial charge is 0.325 e. The van der Waals surface area contributed by atoms with Gasteiger partial charge in [-0.15, -0.1) is 0 Å². The molecular weight excluding hydrogens is 272 g/mol. The summed E-state index contributed by atoms with van der Waals surface area (Å²) >= 11 is 0. The number of ether oxygens (including phenoxy) is 2. The Morgan fingerprint density at radius 3 is 2.67 bits per heavy atom. The van der Waals surface area contributed by atoms with Gasteiger partial charge < -0.3 is 19.9 Å². The van der Waals surface area contributed by atoms with Crippen LogP contribution < -0.4 is 14.8 Å². The van der Waals surface area contributed by atoms with E-state index >= 15 is 0 Å². The summed E-state index contributed by atoms with van der Waals surface area (Å²) in [5, 5.41) is 12.8. The predicted molar refractivity (Wildman–Crippen MR) is 79.0 cm³/mol. The second-order valence-corrected chi connectivity index (χ2v) is 4.87. The van der Waals surface area contributed by atoms with Crippen molar-refractivity contribution in [3.05, 3.63) is 23.8 Å². The van der Waals surface area contributed by atoms with Gasteiger partial charge in [-0.25, -0.2) is 0 Å². The van der Waals surface area contributed by atoms with Crippen LogP contribution in [0.5, 0.6) is 11.5 Å². The summed E-state index contributed by atoms with van der Waals surface area (Å²) in [5.41, 5.74) is 0.716. The molecule has 0 bridgehead atoms. The molecule has 0 aromatic heterocycles. The van der Waals surface area contributed by atoms with Crippen molar-refractivity contribution in [2.75, 3.05) is 39.9 Å². The van der Waals surface area contributed by atoms with Crippen LogP contribution in [-0.4, -0.2) is 55.9 Å². The van der Waals surface area contributed by atoms with Crippen LogP contribution in [-0.2, 0) is 4.79 Å². The highest BCUT2D eigenvalue weighted by Crippen LogP contribution is 2.32. The Morgan fingerprint density at radius 1 is 1.38 bits per heavy atom. The lowest BCUT2D eigenvalue weighted by atomic mass is 10.0. The molecule has 1 aliphatic heterocycles. The molecule has 0 saturated carbocycles. The lowest BCUT2D eigenvalue weighted by Gasteiger charge is -2.32. The number of benzene rings is 1. The molecule has 1 fully saturated rings. The molecule has 116 valence electrons. The molecule has 0 radical (unpaired) electrons. The maximum absolute atomic E-state index is 11.7. The number of hydrogen-bond donors (Lipinski definition) is 2. The van der Waals surface area contributed by atoms with Crippen molar-refractivity contribution in [3.63, 3.8) is 0 Å². The van der Waals surface area contributed by atoms with Crippen molar-refractivity contribution < 1.29 is 19.4 Å². The number of hydrogen-bond acceptors (Lipinski definition) is 5. The Labute approximate surface area is 124 Å². The van der Waals surface area contributed by atoms with Gasteiger partial charge >= 0.3 is 5.97 Å². The molecule has 0 amide bonds. The summed E-state index contributed by atoms with van der Waals surface area (Å²) in [6, 6.07) is 4.67. The molecule has 1 aromatic carbocycles. The van der Waals surface area contributed by atoms with E-state index < -0.39 is 12.0 Å². The average Bonchev–Trinajstić information content (AvgIpc) is 2.49. The largest absolute Gasteiger partial charge is 0.493 e. The number of carboxylic acids is 1. The molecule has 6 nitrogen and oxygen atoms in total. The Bertz CT molecular complexity index is 487. The van der Waals surface area contributed by atoms with Gasteiger partial charge in [0.1, 0.15) is 6.04 Å². The maximum atomic E-state index is 11.7. The third kappa shape index (κ3) is 3.65. The van der Waals surface area contributed by atoms with E-state index in [-0.39, 0.29) is 0 Å². The SMILES string of the molecule is CCOc1cc(C(C(=O)O)N2CCNCC2)ccc1OC. The average molecular weight is 294 g/mol. The first kappa shape index (κ1) is 15.6. The molecule has 0 spiro atoms.